The van der Waals surface area contributed by atoms with Crippen LogP contribution in [0.2, 0.25) is 0 Å². The number of hydrogen-bond acceptors (Lipinski definition) is 2. The van der Waals surface area contributed by atoms with Crippen LogP contribution in [0.5, 0.6) is 0 Å². The third-order valence-electron chi connectivity index (χ3n) is 3.17. The maximum atomic E-state index is 13.8. The normalized spacial score (nSPS) is 12.5. The minimum atomic E-state index is -0.455. The number of nitrogens with one attached hydrogen (secondary N) is 1. The second-order valence-corrected chi connectivity index (χ2v) is 4.82. The van der Waals surface area contributed by atoms with E-state index in [0.717, 1.165) is 17.1 Å². The third-order valence-corrected chi connectivity index (χ3v) is 3.17. The highest BCUT2D eigenvalue weighted by Crippen LogP contribution is 2.27. The van der Waals surface area contributed by atoms with E-state index in [1.807, 2.05) is 26.8 Å². The highest BCUT2D eigenvalue weighted by Gasteiger charge is 2.15. The molecule has 1 unspecified atom stereocenters. The minimum absolute atomic E-state index is 0.158. The van der Waals surface area contributed by atoms with Gasteiger partial charge in [0.15, 0.2) is 0 Å². The number of benzene rings is 1. The molecule has 102 valence electrons. The largest absolute Gasteiger partial charge is 0.466 e. The first kappa shape index (κ1) is 13.6. The molecule has 0 bridgehead atoms. The molecular weight excluding hydrogens is 248 g/mol. The monoisotopic (exact) mass is 265 g/mol. The van der Waals surface area contributed by atoms with Crippen molar-refractivity contribution in [1.29, 1.82) is 0 Å². The van der Waals surface area contributed by atoms with Crippen LogP contribution in [-0.2, 0) is 0 Å². The first-order valence-electron chi connectivity index (χ1n) is 6.17. The molecule has 1 atom stereocenters. The number of halogens is 2. The molecule has 1 aromatic carbocycles. The van der Waals surface area contributed by atoms with Crippen molar-refractivity contribution in [3.8, 4) is 0 Å². The molecule has 4 heteroatoms. The maximum Gasteiger partial charge on any atom is 0.146 e. The Hall–Kier alpha value is -1.84. The van der Waals surface area contributed by atoms with Gasteiger partial charge in [0, 0.05) is 11.6 Å². The lowest BCUT2D eigenvalue weighted by Crippen LogP contribution is -2.09. The summed E-state index contributed by atoms with van der Waals surface area (Å²) in [6.45, 7) is 7.13. The molecular formula is C15H17F2NO. The lowest BCUT2D eigenvalue weighted by molar-refractivity contribution is 0.499. The lowest BCUT2D eigenvalue weighted by Gasteiger charge is -2.16. The predicted molar refractivity (Wildman–Crippen MR) is 71.3 cm³/mol. The van der Waals surface area contributed by atoms with Crippen LogP contribution in [0.4, 0.5) is 14.5 Å². The quantitative estimate of drug-likeness (QED) is 0.873. The van der Waals surface area contributed by atoms with Crippen molar-refractivity contribution in [3.05, 3.63) is 52.5 Å². The van der Waals surface area contributed by atoms with Gasteiger partial charge in [-0.1, -0.05) is 0 Å². The third kappa shape index (κ3) is 2.78. The Bertz CT molecular complexity index is 604. The van der Waals surface area contributed by atoms with Gasteiger partial charge in [0.1, 0.15) is 23.2 Å². The molecule has 0 fully saturated rings. The zero-order chi connectivity index (χ0) is 14.2. The molecule has 0 saturated carbocycles. The zero-order valence-corrected chi connectivity index (χ0v) is 11.5. The maximum absolute atomic E-state index is 13.8. The topological polar surface area (TPSA) is 25.2 Å². The van der Waals surface area contributed by atoms with E-state index in [4.69, 9.17) is 4.42 Å². The van der Waals surface area contributed by atoms with Crippen LogP contribution in [0, 0.1) is 32.4 Å². The molecule has 0 saturated heterocycles. The number of aryl methyl sites for hydroxylation is 3. The molecule has 19 heavy (non-hydrogen) atoms. The average molecular weight is 265 g/mol. The summed E-state index contributed by atoms with van der Waals surface area (Å²) in [5, 5.41) is 2.97. The van der Waals surface area contributed by atoms with E-state index in [0.29, 0.717) is 5.56 Å². The van der Waals surface area contributed by atoms with Gasteiger partial charge < -0.3 is 9.73 Å². The predicted octanol–water partition coefficient (Wildman–Crippen LogP) is 4.66. The average Bonchev–Trinajstić information content (AvgIpc) is 2.65. The molecule has 1 aromatic heterocycles. The van der Waals surface area contributed by atoms with Crippen molar-refractivity contribution in [1.82, 2.24) is 0 Å². The van der Waals surface area contributed by atoms with Crippen molar-refractivity contribution in [2.24, 2.45) is 0 Å². The lowest BCUT2D eigenvalue weighted by atomic mass is 10.1. The SMILES string of the molecule is Cc1cc(C(C)Nc2cc(F)c(C)cc2F)c(C)o1. The summed E-state index contributed by atoms with van der Waals surface area (Å²) in [4.78, 5) is 0. The van der Waals surface area contributed by atoms with Gasteiger partial charge in [0.25, 0.3) is 0 Å². The van der Waals surface area contributed by atoms with Gasteiger partial charge in [0.05, 0.1) is 11.7 Å². The fraction of sp³-hybridized carbons (Fsp3) is 0.333. The molecule has 0 amide bonds. The Morgan fingerprint density at radius 2 is 1.74 bits per heavy atom. The molecule has 0 aliphatic rings. The number of anilines is 1. The Labute approximate surface area is 111 Å². The van der Waals surface area contributed by atoms with Gasteiger partial charge >= 0.3 is 0 Å². The van der Waals surface area contributed by atoms with Crippen LogP contribution in [-0.4, -0.2) is 0 Å². The van der Waals surface area contributed by atoms with Crippen molar-refractivity contribution in [2.45, 2.75) is 33.7 Å². The molecule has 0 spiro atoms. The van der Waals surface area contributed by atoms with E-state index in [9.17, 15) is 8.78 Å². The fourth-order valence-corrected chi connectivity index (χ4v) is 2.15. The minimum Gasteiger partial charge on any atom is -0.466 e. The molecule has 2 rings (SSSR count). The fourth-order valence-electron chi connectivity index (χ4n) is 2.15. The number of rotatable bonds is 3. The van der Waals surface area contributed by atoms with E-state index in [1.165, 1.54) is 19.1 Å². The first-order valence-corrected chi connectivity index (χ1v) is 6.17. The van der Waals surface area contributed by atoms with Crippen LogP contribution in [0.1, 0.15) is 35.6 Å². The van der Waals surface area contributed by atoms with Crippen molar-refractivity contribution >= 4 is 5.69 Å². The summed E-state index contributed by atoms with van der Waals surface area (Å²) < 4.78 is 32.7. The molecule has 2 nitrogen and oxygen atoms in total. The second kappa shape index (κ2) is 5.03. The van der Waals surface area contributed by atoms with E-state index in [1.54, 1.807) is 0 Å². The molecule has 0 aliphatic heterocycles. The van der Waals surface area contributed by atoms with E-state index in [2.05, 4.69) is 5.32 Å². The highest BCUT2D eigenvalue weighted by molar-refractivity contribution is 5.49. The standard InChI is InChI=1S/C15H17F2NO/c1-8-5-14(17)15(7-13(8)16)18-10(3)12-6-9(2)19-11(12)4/h5-7,10,18H,1-4H3. The van der Waals surface area contributed by atoms with E-state index < -0.39 is 11.6 Å². The van der Waals surface area contributed by atoms with Gasteiger partial charge in [-0.2, -0.15) is 0 Å². The number of hydrogen-bond donors (Lipinski definition) is 1. The van der Waals surface area contributed by atoms with Crippen LogP contribution in [0.3, 0.4) is 0 Å². The summed E-state index contributed by atoms with van der Waals surface area (Å²) in [6.07, 6.45) is 0. The molecule has 1 heterocycles. The summed E-state index contributed by atoms with van der Waals surface area (Å²) in [6, 6.07) is 4.12. The van der Waals surface area contributed by atoms with Crippen molar-refractivity contribution < 1.29 is 13.2 Å². The van der Waals surface area contributed by atoms with E-state index in [-0.39, 0.29) is 11.7 Å². The summed E-state index contributed by atoms with van der Waals surface area (Å²) >= 11 is 0. The molecule has 1 N–H and O–H groups in total. The van der Waals surface area contributed by atoms with Crippen LogP contribution in [0.15, 0.2) is 22.6 Å². The van der Waals surface area contributed by atoms with E-state index >= 15 is 0 Å². The van der Waals surface area contributed by atoms with Crippen LogP contribution in [0.25, 0.3) is 0 Å². The van der Waals surface area contributed by atoms with Gasteiger partial charge in [-0.3, -0.25) is 0 Å². The molecule has 0 radical (unpaired) electrons. The smallest absolute Gasteiger partial charge is 0.146 e. The van der Waals surface area contributed by atoms with Crippen molar-refractivity contribution in [3.63, 3.8) is 0 Å². The van der Waals surface area contributed by atoms with Gasteiger partial charge in [0.2, 0.25) is 0 Å². The second-order valence-electron chi connectivity index (χ2n) is 4.82. The molecule has 2 aromatic rings. The van der Waals surface area contributed by atoms with Crippen molar-refractivity contribution in [2.75, 3.05) is 5.32 Å². The number of furan rings is 1. The Morgan fingerprint density at radius 1 is 1.05 bits per heavy atom. The van der Waals surface area contributed by atoms with Crippen LogP contribution >= 0.6 is 0 Å². The Kier molecular flexibility index (Phi) is 3.60. The summed E-state index contributed by atoms with van der Waals surface area (Å²) in [5.74, 6) is 0.710. The summed E-state index contributed by atoms with van der Waals surface area (Å²) in [5.41, 5.74) is 1.40. The molecule has 0 aliphatic carbocycles. The van der Waals surface area contributed by atoms with Gasteiger partial charge in [-0.25, -0.2) is 8.78 Å². The Morgan fingerprint density at radius 3 is 2.32 bits per heavy atom. The Balaban J connectivity index is 2.26. The zero-order valence-electron chi connectivity index (χ0n) is 11.5. The van der Waals surface area contributed by atoms with Gasteiger partial charge in [-0.05, 0) is 45.4 Å². The van der Waals surface area contributed by atoms with Gasteiger partial charge in [-0.15, -0.1) is 0 Å². The van der Waals surface area contributed by atoms with Crippen LogP contribution < -0.4 is 5.32 Å². The highest BCUT2D eigenvalue weighted by atomic mass is 19.1. The summed E-state index contributed by atoms with van der Waals surface area (Å²) in [7, 11) is 0. The first-order chi connectivity index (χ1) is 8.88.